The summed E-state index contributed by atoms with van der Waals surface area (Å²) in [7, 11) is 2.89. The maximum Gasteiger partial charge on any atom is 0.332 e. The predicted octanol–water partition coefficient (Wildman–Crippen LogP) is -0.810. The van der Waals surface area contributed by atoms with Gasteiger partial charge < -0.3 is 14.4 Å². The molecular formula is C13H18N4O5. The molecule has 0 aliphatic heterocycles. The quantitative estimate of drug-likeness (QED) is 0.747. The number of nitrogens with zero attached hydrogens (tertiary/aromatic N) is 4. The molecule has 22 heavy (non-hydrogen) atoms. The average Bonchev–Trinajstić information content (AvgIpc) is 2.82. The van der Waals surface area contributed by atoms with Crippen LogP contribution in [-0.4, -0.2) is 43.5 Å². The van der Waals surface area contributed by atoms with Crippen molar-refractivity contribution in [1.29, 1.82) is 0 Å². The van der Waals surface area contributed by atoms with Crippen LogP contribution in [0.1, 0.15) is 12.7 Å². The van der Waals surface area contributed by atoms with Crippen LogP contribution in [0.25, 0.3) is 11.2 Å². The lowest BCUT2D eigenvalue weighted by atomic mass is 10.4. The summed E-state index contributed by atoms with van der Waals surface area (Å²) in [5.41, 5.74) is -0.558. The number of aliphatic carboxylic acids is 1. The number of aromatic nitrogens is 4. The number of imidazole rings is 1. The van der Waals surface area contributed by atoms with Crippen LogP contribution in [0.4, 0.5) is 0 Å². The fourth-order valence-electron chi connectivity index (χ4n) is 2.40. The molecule has 120 valence electrons. The van der Waals surface area contributed by atoms with Crippen molar-refractivity contribution in [1.82, 2.24) is 18.7 Å². The highest BCUT2D eigenvalue weighted by Gasteiger charge is 2.20. The highest BCUT2D eigenvalue weighted by Crippen LogP contribution is 2.12. The first-order chi connectivity index (χ1) is 10.4. The molecule has 2 heterocycles. The summed E-state index contributed by atoms with van der Waals surface area (Å²) in [6.45, 7) is 2.68. The molecule has 0 bridgehead atoms. The number of ether oxygens (including phenoxy) is 1. The van der Waals surface area contributed by atoms with E-state index in [-0.39, 0.29) is 36.6 Å². The molecule has 1 N–H and O–H groups in total. The lowest BCUT2D eigenvalue weighted by molar-refractivity contribution is -0.136. The smallest absolute Gasteiger partial charge is 0.332 e. The molecule has 0 amide bonds. The van der Waals surface area contributed by atoms with Crippen LogP contribution in [0.15, 0.2) is 9.59 Å². The second kappa shape index (κ2) is 6.14. The first kappa shape index (κ1) is 16.0. The summed E-state index contributed by atoms with van der Waals surface area (Å²) in [5, 5.41) is 8.98. The van der Waals surface area contributed by atoms with Crippen LogP contribution in [0, 0.1) is 0 Å². The lowest BCUT2D eigenvalue weighted by Gasteiger charge is -2.09. The molecule has 0 aliphatic rings. The van der Waals surface area contributed by atoms with E-state index in [1.807, 2.05) is 0 Å². The summed E-state index contributed by atoms with van der Waals surface area (Å²) in [6, 6.07) is 0. The third-order valence-corrected chi connectivity index (χ3v) is 3.45. The van der Waals surface area contributed by atoms with Crippen molar-refractivity contribution in [2.75, 3.05) is 13.7 Å². The Bertz CT molecular complexity index is 830. The normalized spacial score (nSPS) is 11.2. The zero-order chi connectivity index (χ0) is 16.4. The van der Waals surface area contributed by atoms with Gasteiger partial charge in [-0.1, -0.05) is 0 Å². The van der Waals surface area contributed by atoms with Gasteiger partial charge in [-0.05, 0) is 6.92 Å². The van der Waals surface area contributed by atoms with Gasteiger partial charge in [0.15, 0.2) is 11.2 Å². The number of carboxylic acid groups (broad SMARTS) is 1. The number of carboxylic acids is 1. The molecular weight excluding hydrogens is 292 g/mol. The van der Waals surface area contributed by atoms with Gasteiger partial charge in [0.2, 0.25) is 0 Å². The predicted molar refractivity (Wildman–Crippen MR) is 78.1 cm³/mol. The Morgan fingerprint density at radius 2 is 2.00 bits per heavy atom. The third-order valence-electron chi connectivity index (χ3n) is 3.45. The standard InChI is InChI=1S/C13H18N4O5/c1-4-16-8(7-9(18)19)14-11-10(16)12(20)15(2)13(21)17(11)5-6-22-3/h4-7H2,1-3H3,(H,18,19). The average molecular weight is 310 g/mol. The topological polar surface area (TPSA) is 108 Å². The highest BCUT2D eigenvalue weighted by molar-refractivity contribution is 5.74. The van der Waals surface area contributed by atoms with Crippen LogP contribution < -0.4 is 11.2 Å². The highest BCUT2D eigenvalue weighted by atomic mass is 16.5. The molecule has 0 saturated heterocycles. The van der Waals surface area contributed by atoms with E-state index in [0.29, 0.717) is 6.54 Å². The second-order valence-electron chi connectivity index (χ2n) is 4.81. The van der Waals surface area contributed by atoms with Gasteiger partial charge in [-0.2, -0.15) is 0 Å². The number of carbonyl (C=O) groups is 1. The number of hydrogen-bond acceptors (Lipinski definition) is 5. The second-order valence-corrected chi connectivity index (χ2v) is 4.81. The number of methoxy groups -OCH3 is 1. The Labute approximate surface area is 125 Å². The van der Waals surface area contributed by atoms with E-state index in [0.717, 1.165) is 4.57 Å². The first-order valence-corrected chi connectivity index (χ1v) is 6.82. The Morgan fingerprint density at radius 1 is 1.32 bits per heavy atom. The van der Waals surface area contributed by atoms with E-state index in [4.69, 9.17) is 9.84 Å². The van der Waals surface area contributed by atoms with E-state index in [1.165, 1.54) is 23.3 Å². The van der Waals surface area contributed by atoms with Gasteiger partial charge in [-0.3, -0.25) is 18.7 Å². The van der Waals surface area contributed by atoms with Crippen molar-refractivity contribution in [3.05, 3.63) is 26.7 Å². The molecule has 2 aromatic heterocycles. The fraction of sp³-hybridized carbons (Fsp3) is 0.538. The Hall–Kier alpha value is -2.42. The minimum Gasteiger partial charge on any atom is -0.481 e. The van der Waals surface area contributed by atoms with Crippen LogP contribution in [-0.2, 0) is 36.1 Å². The molecule has 0 spiro atoms. The summed E-state index contributed by atoms with van der Waals surface area (Å²) in [5.74, 6) is -0.800. The minimum absolute atomic E-state index is 0.197. The van der Waals surface area contributed by atoms with Gasteiger partial charge in [0, 0.05) is 20.7 Å². The van der Waals surface area contributed by atoms with Crippen LogP contribution in [0.5, 0.6) is 0 Å². The van der Waals surface area contributed by atoms with Gasteiger partial charge >= 0.3 is 11.7 Å². The van der Waals surface area contributed by atoms with Gasteiger partial charge in [-0.25, -0.2) is 9.78 Å². The van der Waals surface area contributed by atoms with E-state index >= 15 is 0 Å². The monoisotopic (exact) mass is 310 g/mol. The van der Waals surface area contributed by atoms with E-state index in [9.17, 15) is 14.4 Å². The fourth-order valence-corrected chi connectivity index (χ4v) is 2.40. The molecule has 2 rings (SSSR count). The van der Waals surface area contributed by atoms with Gasteiger partial charge in [0.1, 0.15) is 12.2 Å². The van der Waals surface area contributed by atoms with Gasteiger partial charge in [0.25, 0.3) is 5.56 Å². The maximum atomic E-state index is 12.4. The molecule has 9 heteroatoms. The number of aryl methyl sites for hydroxylation is 1. The number of fused-ring (bicyclic) bond motifs is 1. The molecule has 0 fully saturated rings. The Morgan fingerprint density at radius 3 is 2.55 bits per heavy atom. The van der Waals surface area contributed by atoms with Crippen molar-refractivity contribution in [2.45, 2.75) is 26.4 Å². The zero-order valence-corrected chi connectivity index (χ0v) is 12.7. The van der Waals surface area contributed by atoms with Crippen molar-refractivity contribution >= 4 is 17.1 Å². The van der Waals surface area contributed by atoms with Gasteiger partial charge in [0.05, 0.1) is 13.2 Å². The third kappa shape index (κ3) is 2.54. The number of hydrogen-bond donors (Lipinski definition) is 1. The molecule has 0 unspecified atom stereocenters. The zero-order valence-electron chi connectivity index (χ0n) is 12.7. The Balaban J connectivity index is 2.84. The van der Waals surface area contributed by atoms with Gasteiger partial charge in [-0.15, -0.1) is 0 Å². The number of rotatable bonds is 6. The van der Waals surface area contributed by atoms with Crippen LogP contribution >= 0.6 is 0 Å². The summed E-state index contributed by atoms with van der Waals surface area (Å²) in [4.78, 5) is 39.8. The summed E-state index contributed by atoms with van der Waals surface area (Å²) < 4.78 is 8.84. The molecule has 0 atom stereocenters. The SMILES string of the molecule is CCn1c(CC(=O)O)nc2c1c(=O)n(C)c(=O)n2CCOC. The molecule has 0 radical (unpaired) electrons. The maximum absolute atomic E-state index is 12.4. The Kier molecular flexibility index (Phi) is 4.45. The first-order valence-electron chi connectivity index (χ1n) is 6.82. The van der Waals surface area contributed by atoms with Crippen LogP contribution in [0.3, 0.4) is 0 Å². The van der Waals surface area contributed by atoms with Crippen molar-refractivity contribution < 1.29 is 14.6 Å². The summed E-state index contributed by atoms with van der Waals surface area (Å²) in [6.07, 6.45) is -0.315. The van der Waals surface area contributed by atoms with E-state index in [2.05, 4.69) is 4.98 Å². The molecule has 9 nitrogen and oxygen atoms in total. The van der Waals surface area contributed by atoms with Crippen LogP contribution in [0.2, 0.25) is 0 Å². The molecule has 0 saturated carbocycles. The van der Waals surface area contributed by atoms with E-state index in [1.54, 1.807) is 6.92 Å². The molecule has 0 aliphatic carbocycles. The van der Waals surface area contributed by atoms with Crippen molar-refractivity contribution in [3.8, 4) is 0 Å². The lowest BCUT2D eigenvalue weighted by Crippen LogP contribution is -2.39. The van der Waals surface area contributed by atoms with Crippen molar-refractivity contribution in [3.63, 3.8) is 0 Å². The molecule has 0 aromatic carbocycles. The minimum atomic E-state index is -1.05. The van der Waals surface area contributed by atoms with Crippen molar-refractivity contribution in [2.24, 2.45) is 7.05 Å². The van der Waals surface area contributed by atoms with E-state index < -0.39 is 17.2 Å². The summed E-state index contributed by atoms with van der Waals surface area (Å²) >= 11 is 0. The largest absolute Gasteiger partial charge is 0.481 e. The molecule has 2 aromatic rings.